The minimum absolute atomic E-state index is 0.569. The number of hydrogen-bond donors (Lipinski definition) is 2. The smallest absolute Gasteiger partial charge is 0.191 e. The molecule has 2 N–H and O–H groups in total. The van der Waals surface area contributed by atoms with Crippen LogP contribution in [0, 0.1) is 0 Å². The first-order valence-electron chi connectivity index (χ1n) is 8.52. The summed E-state index contributed by atoms with van der Waals surface area (Å²) in [5.41, 5.74) is 0. The lowest BCUT2D eigenvalue weighted by Gasteiger charge is -2.24. The van der Waals surface area contributed by atoms with Crippen LogP contribution in [-0.4, -0.2) is 64.3 Å². The molecule has 1 rings (SSSR count). The van der Waals surface area contributed by atoms with E-state index in [2.05, 4.69) is 41.4 Å². The van der Waals surface area contributed by atoms with Gasteiger partial charge in [0.1, 0.15) is 18.1 Å². The van der Waals surface area contributed by atoms with Gasteiger partial charge >= 0.3 is 0 Å². The Morgan fingerprint density at radius 3 is 2.38 bits per heavy atom. The molecule has 1 aromatic carbocycles. The summed E-state index contributed by atoms with van der Waals surface area (Å²) in [6, 6.07) is 8.17. The second-order valence-corrected chi connectivity index (χ2v) is 5.69. The molecule has 1 aromatic rings. The number of nitrogens with one attached hydrogen (secondary N) is 2. The van der Waals surface area contributed by atoms with Gasteiger partial charge in [-0.1, -0.05) is 6.92 Å². The summed E-state index contributed by atoms with van der Waals surface area (Å²) in [7, 11) is 5.58. The molecule has 0 amide bonds. The Kier molecular flexibility index (Phi) is 9.68. The molecule has 0 aromatic heterocycles. The summed E-state index contributed by atoms with van der Waals surface area (Å²) in [6.07, 6.45) is 1.16. The average molecular weight is 336 g/mol. The summed E-state index contributed by atoms with van der Waals surface area (Å²) >= 11 is 0. The highest BCUT2D eigenvalue weighted by Gasteiger charge is 2.06. The van der Waals surface area contributed by atoms with Gasteiger partial charge in [-0.05, 0) is 44.7 Å². The fraction of sp³-hybridized carbons (Fsp3) is 0.611. The number of aliphatic imine (C=N–C) groups is 1. The Morgan fingerprint density at radius 2 is 1.79 bits per heavy atom. The molecule has 0 heterocycles. The molecule has 0 saturated heterocycles. The van der Waals surface area contributed by atoms with Gasteiger partial charge in [-0.2, -0.15) is 0 Å². The Hall–Kier alpha value is -1.95. The number of guanidine groups is 1. The summed E-state index contributed by atoms with van der Waals surface area (Å²) in [5, 5.41) is 6.57. The summed E-state index contributed by atoms with van der Waals surface area (Å²) in [4.78, 5) is 6.56. The van der Waals surface area contributed by atoms with E-state index in [1.54, 1.807) is 14.2 Å². The van der Waals surface area contributed by atoms with Crippen LogP contribution < -0.4 is 20.1 Å². The van der Waals surface area contributed by atoms with Crippen LogP contribution in [0.4, 0.5) is 0 Å². The maximum absolute atomic E-state index is 5.68. The summed E-state index contributed by atoms with van der Waals surface area (Å²) in [5.74, 6) is 2.45. The highest BCUT2D eigenvalue weighted by molar-refractivity contribution is 5.79. The number of hydrogen-bond acceptors (Lipinski definition) is 4. The Balaban J connectivity index is 2.19. The maximum atomic E-state index is 5.68. The van der Waals surface area contributed by atoms with Crippen molar-refractivity contribution >= 4 is 5.96 Å². The molecule has 0 radical (unpaired) electrons. The highest BCUT2D eigenvalue weighted by atomic mass is 16.5. The van der Waals surface area contributed by atoms with Gasteiger partial charge < -0.3 is 25.0 Å². The lowest BCUT2D eigenvalue weighted by Crippen LogP contribution is -2.43. The molecule has 6 heteroatoms. The van der Waals surface area contributed by atoms with Crippen molar-refractivity contribution in [3.8, 4) is 11.5 Å². The topological polar surface area (TPSA) is 58.1 Å². The molecule has 24 heavy (non-hydrogen) atoms. The van der Waals surface area contributed by atoms with Crippen molar-refractivity contribution in [3.05, 3.63) is 24.3 Å². The number of likely N-dealkylation sites (N-methyl/N-ethyl adjacent to an activating group) is 1. The standard InChI is InChI=1S/C18H32N4O2/c1-6-15(2)22(4)13-11-20-18(19-3)21-12-14-24-17-9-7-16(23-5)8-10-17/h7-10,15H,6,11-14H2,1-5H3,(H2,19,20,21). The number of ether oxygens (including phenoxy) is 2. The largest absolute Gasteiger partial charge is 0.497 e. The molecule has 0 saturated carbocycles. The molecule has 136 valence electrons. The molecule has 0 spiro atoms. The normalized spacial score (nSPS) is 12.8. The fourth-order valence-electron chi connectivity index (χ4n) is 2.11. The van der Waals surface area contributed by atoms with E-state index in [0.717, 1.165) is 37.0 Å². The van der Waals surface area contributed by atoms with Gasteiger partial charge in [0.05, 0.1) is 13.7 Å². The molecule has 0 aliphatic rings. The quantitative estimate of drug-likeness (QED) is 0.389. The van der Waals surface area contributed by atoms with Crippen LogP contribution in [0.3, 0.4) is 0 Å². The zero-order valence-electron chi connectivity index (χ0n) is 15.6. The molecular weight excluding hydrogens is 304 g/mol. The van der Waals surface area contributed by atoms with Crippen LogP contribution in [0.5, 0.6) is 11.5 Å². The van der Waals surface area contributed by atoms with Crippen LogP contribution in [-0.2, 0) is 0 Å². The monoisotopic (exact) mass is 336 g/mol. The van der Waals surface area contributed by atoms with Gasteiger partial charge in [0.25, 0.3) is 0 Å². The van der Waals surface area contributed by atoms with Crippen LogP contribution in [0.1, 0.15) is 20.3 Å². The fourth-order valence-corrected chi connectivity index (χ4v) is 2.11. The number of rotatable bonds is 10. The zero-order valence-corrected chi connectivity index (χ0v) is 15.6. The van der Waals surface area contributed by atoms with Crippen LogP contribution in [0.25, 0.3) is 0 Å². The van der Waals surface area contributed by atoms with Crippen molar-refractivity contribution in [2.24, 2.45) is 4.99 Å². The van der Waals surface area contributed by atoms with E-state index >= 15 is 0 Å². The van der Waals surface area contributed by atoms with Gasteiger partial charge in [0, 0.05) is 26.2 Å². The minimum atomic E-state index is 0.569. The summed E-state index contributed by atoms with van der Waals surface area (Å²) in [6.45, 7) is 7.55. The van der Waals surface area contributed by atoms with E-state index in [1.165, 1.54) is 0 Å². The van der Waals surface area contributed by atoms with Gasteiger partial charge in [-0.3, -0.25) is 4.99 Å². The molecule has 1 atom stereocenters. The molecule has 0 aliphatic heterocycles. The van der Waals surface area contributed by atoms with E-state index in [-0.39, 0.29) is 0 Å². The minimum Gasteiger partial charge on any atom is -0.497 e. The van der Waals surface area contributed by atoms with E-state index < -0.39 is 0 Å². The second-order valence-electron chi connectivity index (χ2n) is 5.69. The van der Waals surface area contributed by atoms with Gasteiger partial charge in [-0.25, -0.2) is 0 Å². The molecule has 1 unspecified atom stereocenters. The third-order valence-electron chi connectivity index (χ3n) is 4.05. The van der Waals surface area contributed by atoms with E-state index in [9.17, 15) is 0 Å². The first-order chi connectivity index (χ1) is 11.6. The second kappa shape index (κ2) is 11.6. The van der Waals surface area contributed by atoms with Crippen LogP contribution in [0.15, 0.2) is 29.3 Å². The number of benzene rings is 1. The van der Waals surface area contributed by atoms with E-state index in [0.29, 0.717) is 19.2 Å². The third kappa shape index (κ3) is 7.55. The third-order valence-corrected chi connectivity index (χ3v) is 4.05. The molecule has 0 bridgehead atoms. The molecule has 0 fully saturated rings. The van der Waals surface area contributed by atoms with Crippen molar-refractivity contribution in [3.63, 3.8) is 0 Å². The predicted molar refractivity (Wildman–Crippen MR) is 100 cm³/mol. The molecule has 0 aliphatic carbocycles. The zero-order chi connectivity index (χ0) is 17.8. The highest BCUT2D eigenvalue weighted by Crippen LogP contribution is 2.16. The number of nitrogens with zero attached hydrogens (tertiary/aromatic N) is 2. The number of methoxy groups -OCH3 is 1. The molecular formula is C18H32N4O2. The maximum Gasteiger partial charge on any atom is 0.191 e. The van der Waals surface area contributed by atoms with Crippen molar-refractivity contribution in [1.29, 1.82) is 0 Å². The van der Waals surface area contributed by atoms with Crippen molar-refractivity contribution in [2.75, 3.05) is 47.4 Å². The van der Waals surface area contributed by atoms with Gasteiger partial charge in [0.15, 0.2) is 5.96 Å². The Labute approximate surface area is 146 Å². The van der Waals surface area contributed by atoms with Crippen molar-refractivity contribution in [2.45, 2.75) is 26.3 Å². The first-order valence-corrected chi connectivity index (χ1v) is 8.52. The first kappa shape index (κ1) is 20.1. The Bertz CT molecular complexity index is 476. The van der Waals surface area contributed by atoms with Gasteiger partial charge in [-0.15, -0.1) is 0 Å². The van der Waals surface area contributed by atoms with Crippen LogP contribution in [0.2, 0.25) is 0 Å². The van der Waals surface area contributed by atoms with Gasteiger partial charge in [0.2, 0.25) is 0 Å². The average Bonchev–Trinajstić information content (AvgIpc) is 2.63. The molecule has 6 nitrogen and oxygen atoms in total. The summed E-state index contributed by atoms with van der Waals surface area (Å²) < 4.78 is 10.8. The van der Waals surface area contributed by atoms with E-state index in [1.807, 2.05) is 24.3 Å². The van der Waals surface area contributed by atoms with Crippen LogP contribution >= 0.6 is 0 Å². The van der Waals surface area contributed by atoms with E-state index in [4.69, 9.17) is 9.47 Å². The lowest BCUT2D eigenvalue weighted by molar-refractivity contribution is 0.255. The van der Waals surface area contributed by atoms with Crippen molar-refractivity contribution in [1.82, 2.24) is 15.5 Å². The van der Waals surface area contributed by atoms with Crippen molar-refractivity contribution < 1.29 is 9.47 Å². The predicted octanol–water partition coefficient (Wildman–Crippen LogP) is 1.97. The SMILES string of the molecule is CCC(C)N(C)CCNC(=NC)NCCOc1ccc(OC)cc1. The Morgan fingerprint density at radius 1 is 1.17 bits per heavy atom. The lowest BCUT2D eigenvalue weighted by atomic mass is 10.2.